The lowest BCUT2D eigenvalue weighted by Gasteiger charge is -2.13. The number of hydrogen-bond donors (Lipinski definition) is 0. The molecular formula is C15H21IO. The van der Waals surface area contributed by atoms with Crippen molar-refractivity contribution in [2.45, 2.75) is 46.0 Å². The Morgan fingerprint density at radius 2 is 1.88 bits per heavy atom. The predicted octanol–water partition coefficient (Wildman–Crippen LogP) is 5.08. The van der Waals surface area contributed by atoms with Crippen LogP contribution in [0.3, 0.4) is 0 Å². The minimum atomic E-state index is 0.296. The van der Waals surface area contributed by atoms with Gasteiger partial charge in [-0.1, -0.05) is 51.7 Å². The van der Waals surface area contributed by atoms with Gasteiger partial charge in [0, 0.05) is 15.6 Å². The summed E-state index contributed by atoms with van der Waals surface area (Å²) in [5, 5.41) is 0. The van der Waals surface area contributed by atoms with E-state index in [4.69, 9.17) is 0 Å². The van der Waals surface area contributed by atoms with E-state index in [0.717, 1.165) is 12.0 Å². The molecule has 0 aliphatic heterocycles. The molecule has 1 atom stereocenters. The summed E-state index contributed by atoms with van der Waals surface area (Å²) in [4.78, 5) is 12.1. The Hall–Kier alpha value is -0.380. The number of hydrogen-bond acceptors (Lipinski definition) is 1. The second kappa shape index (κ2) is 7.85. The number of ketones is 1. The highest BCUT2D eigenvalue weighted by molar-refractivity contribution is 14.1. The molecule has 0 bridgehead atoms. The third kappa shape index (κ3) is 5.19. The molecule has 1 aromatic rings. The zero-order chi connectivity index (χ0) is 12.7. The molecule has 0 heterocycles. The Morgan fingerprint density at radius 1 is 1.24 bits per heavy atom. The van der Waals surface area contributed by atoms with E-state index in [9.17, 15) is 4.79 Å². The van der Waals surface area contributed by atoms with Crippen molar-refractivity contribution in [2.75, 3.05) is 0 Å². The molecule has 2 heteroatoms. The van der Waals surface area contributed by atoms with Crippen LogP contribution in [-0.2, 0) is 0 Å². The lowest BCUT2D eigenvalue weighted by Crippen LogP contribution is -2.08. The Kier molecular flexibility index (Phi) is 6.78. The van der Waals surface area contributed by atoms with Crippen LogP contribution in [0.15, 0.2) is 24.3 Å². The molecule has 0 fully saturated rings. The molecule has 0 radical (unpaired) electrons. The van der Waals surface area contributed by atoms with Crippen LogP contribution < -0.4 is 0 Å². The Morgan fingerprint density at radius 3 is 2.41 bits per heavy atom. The van der Waals surface area contributed by atoms with Crippen LogP contribution in [0.2, 0.25) is 0 Å². The second-order valence-corrected chi connectivity index (χ2v) is 5.80. The molecular weight excluding hydrogens is 323 g/mol. The van der Waals surface area contributed by atoms with E-state index in [1.807, 2.05) is 24.3 Å². The lowest BCUT2D eigenvalue weighted by atomic mass is 9.92. The topological polar surface area (TPSA) is 17.1 Å². The molecule has 0 amide bonds. The van der Waals surface area contributed by atoms with Gasteiger partial charge in [-0.15, -0.1) is 0 Å². The van der Waals surface area contributed by atoms with Gasteiger partial charge >= 0.3 is 0 Å². The van der Waals surface area contributed by atoms with E-state index in [0.29, 0.717) is 18.1 Å². The molecule has 0 aliphatic carbocycles. The highest BCUT2D eigenvalue weighted by Crippen LogP contribution is 2.19. The Labute approximate surface area is 118 Å². The van der Waals surface area contributed by atoms with Crippen LogP contribution in [-0.4, -0.2) is 5.78 Å². The van der Waals surface area contributed by atoms with Crippen molar-refractivity contribution in [1.82, 2.24) is 0 Å². The van der Waals surface area contributed by atoms with E-state index < -0.39 is 0 Å². The number of halogens is 1. The van der Waals surface area contributed by atoms with Gasteiger partial charge in [-0.25, -0.2) is 0 Å². The Bertz CT molecular complexity index is 342. The maximum atomic E-state index is 12.1. The molecule has 0 aromatic heterocycles. The van der Waals surface area contributed by atoms with E-state index in [1.54, 1.807) is 0 Å². The molecule has 0 N–H and O–H groups in total. The largest absolute Gasteiger partial charge is 0.294 e. The SMILES string of the molecule is CCCCC(CC)CC(=O)c1ccc(I)cc1. The maximum Gasteiger partial charge on any atom is 0.163 e. The molecule has 0 saturated heterocycles. The minimum Gasteiger partial charge on any atom is -0.294 e. The first-order valence-corrected chi connectivity index (χ1v) is 7.54. The third-order valence-electron chi connectivity index (χ3n) is 3.18. The van der Waals surface area contributed by atoms with Gasteiger partial charge < -0.3 is 0 Å². The van der Waals surface area contributed by atoms with Crippen molar-refractivity contribution in [2.24, 2.45) is 5.92 Å². The van der Waals surface area contributed by atoms with Gasteiger partial charge in [0.25, 0.3) is 0 Å². The van der Waals surface area contributed by atoms with Crippen LogP contribution in [0.25, 0.3) is 0 Å². The third-order valence-corrected chi connectivity index (χ3v) is 3.90. The molecule has 1 aromatic carbocycles. The lowest BCUT2D eigenvalue weighted by molar-refractivity contribution is 0.0957. The van der Waals surface area contributed by atoms with Crippen molar-refractivity contribution in [3.8, 4) is 0 Å². The predicted molar refractivity (Wildman–Crippen MR) is 81.4 cm³/mol. The minimum absolute atomic E-state index is 0.296. The fraction of sp³-hybridized carbons (Fsp3) is 0.533. The van der Waals surface area contributed by atoms with Gasteiger partial charge in [0.2, 0.25) is 0 Å². The molecule has 0 aliphatic rings. The number of benzene rings is 1. The number of unbranched alkanes of at least 4 members (excludes halogenated alkanes) is 1. The molecule has 17 heavy (non-hydrogen) atoms. The number of Topliss-reactive ketones (excluding diaryl/α,β-unsaturated/α-hetero) is 1. The van der Waals surface area contributed by atoms with Gasteiger partial charge in [0.05, 0.1) is 0 Å². The second-order valence-electron chi connectivity index (χ2n) is 4.55. The summed E-state index contributed by atoms with van der Waals surface area (Å²) < 4.78 is 1.18. The van der Waals surface area contributed by atoms with Crippen LogP contribution in [0.1, 0.15) is 56.3 Å². The molecule has 1 rings (SSSR count). The van der Waals surface area contributed by atoms with Gasteiger partial charge in [-0.05, 0) is 40.6 Å². The number of carbonyl (C=O) groups is 1. The van der Waals surface area contributed by atoms with Crippen LogP contribution >= 0.6 is 22.6 Å². The maximum absolute atomic E-state index is 12.1. The highest BCUT2D eigenvalue weighted by atomic mass is 127. The molecule has 94 valence electrons. The standard InChI is InChI=1S/C15H21IO/c1-3-5-6-12(4-2)11-15(17)13-7-9-14(16)10-8-13/h7-10,12H,3-6,11H2,1-2H3. The zero-order valence-electron chi connectivity index (χ0n) is 10.7. The molecule has 1 unspecified atom stereocenters. The number of rotatable bonds is 7. The summed E-state index contributed by atoms with van der Waals surface area (Å²) in [5.41, 5.74) is 0.861. The summed E-state index contributed by atoms with van der Waals surface area (Å²) in [6, 6.07) is 7.88. The van der Waals surface area contributed by atoms with Crippen molar-refractivity contribution < 1.29 is 4.79 Å². The van der Waals surface area contributed by atoms with E-state index in [1.165, 1.54) is 22.8 Å². The van der Waals surface area contributed by atoms with Gasteiger partial charge in [-0.2, -0.15) is 0 Å². The first-order chi connectivity index (χ1) is 8.17. The van der Waals surface area contributed by atoms with E-state index in [2.05, 4.69) is 36.4 Å². The fourth-order valence-electron chi connectivity index (χ4n) is 1.96. The summed E-state index contributed by atoms with van der Waals surface area (Å²) >= 11 is 2.26. The Balaban J connectivity index is 2.54. The summed E-state index contributed by atoms with van der Waals surface area (Å²) in [6.45, 7) is 4.38. The molecule has 0 saturated carbocycles. The number of carbonyl (C=O) groups excluding carboxylic acids is 1. The smallest absolute Gasteiger partial charge is 0.163 e. The summed E-state index contributed by atoms with van der Waals surface area (Å²) in [5.74, 6) is 0.853. The fourth-order valence-corrected chi connectivity index (χ4v) is 2.32. The highest BCUT2D eigenvalue weighted by Gasteiger charge is 2.13. The van der Waals surface area contributed by atoms with Crippen molar-refractivity contribution in [1.29, 1.82) is 0 Å². The summed E-state index contributed by atoms with van der Waals surface area (Å²) in [7, 11) is 0. The van der Waals surface area contributed by atoms with Crippen LogP contribution in [0.4, 0.5) is 0 Å². The first kappa shape index (κ1) is 14.7. The zero-order valence-corrected chi connectivity index (χ0v) is 12.9. The average molecular weight is 344 g/mol. The monoisotopic (exact) mass is 344 g/mol. The van der Waals surface area contributed by atoms with Gasteiger partial charge in [0.15, 0.2) is 5.78 Å². The molecule has 0 spiro atoms. The van der Waals surface area contributed by atoms with Crippen molar-refractivity contribution >= 4 is 28.4 Å². The van der Waals surface area contributed by atoms with Crippen molar-refractivity contribution in [3.63, 3.8) is 0 Å². The van der Waals surface area contributed by atoms with Crippen molar-refractivity contribution in [3.05, 3.63) is 33.4 Å². The van der Waals surface area contributed by atoms with E-state index in [-0.39, 0.29) is 0 Å². The quantitative estimate of drug-likeness (QED) is 0.498. The van der Waals surface area contributed by atoms with Gasteiger partial charge in [0.1, 0.15) is 0 Å². The summed E-state index contributed by atoms with van der Waals surface area (Å²) in [6.07, 6.45) is 5.45. The molecule has 1 nitrogen and oxygen atoms in total. The van der Waals surface area contributed by atoms with Crippen LogP contribution in [0.5, 0.6) is 0 Å². The average Bonchev–Trinajstić information content (AvgIpc) is 2.35. The van der Waals surface area contributed by atoms with Crippen LogP contribution in [0, 0.1) is 9.49 Å². The van der Waals surface area contributed by atoms with E-state index >= 15 is 0 Å². The first-order valence-electron chi connectivity index (χ1n) is 6.46. The normalized spacial score (nSPS) is 12.4. The van der Waals surface area contributed by atoms with Gasteiger partial charge in [-0.3, -0.25) is 4.79 Å².